The Balaban J connectivity index is 2.01. The lowest BCUT2D eigenvalue weighted by molar-refractivity contribution is 0.508. The quantitative estimate of drug-likeness (QED) is 0.720. The van der Waals surface area contributed by atoms with E-state index in [1.54, 1.807) is 11.3 Å². The van der Waals surface area contributed by atoms with E-state index in [0.717, 1.165) is 17.4 Å². The van der Waals surface area contributed by atoms with Crippen LogP contribution in [0.1, 0.15) is 37.3 Å². The second-order valence-electron chi connectivity index (χ2n) is 5.48. The van der Waals surface area contributed by atoms with Crippen molar-refractivity contribution in [1.29, 1.82) is 0 Å². The SMILES string of the molecule is CC(C)NCC(CCc1ccsc1)c1ccc(Br)cc1. The highest BCUT2D eigenvalue weighted by atomic mass is 79.9. The van der Waals surface area contributed by atoms with Crippen molar-refractivity contribution >= 4 is 27.3 Å². The maximum Gasteiger partial charge on any atom is 0.0175 e. The molecular weight excluding hydrogens is 330 g/mol. The van der Waals surface area contributed by atoms with E-state index < -0.39 is 0 Å². The molecule has 1 atom stereocenters. The highest BCUT2D eigenvalue weighted by Crippen LogP contribution is 2.24. The maximum absolute atomic E-state index is 3.58. The van der Waals surface area contributed by atoms with Crippen molar-refractivity contribution in [2.75, 3.05) is 6.54 Å². The van der Waals surface area contributed by atoms with Crippen LogP contribution >= 0.6 is 27.3 Å². The van der Waals surface area contributed by atoms with Gasteiger partial charge in [0.15, 0.2) is 0 Å². The predicted octanol–water partition coefficient (Wildman–Crippen LogP) is 5.23. The molecule has 1 aromatic heterocycles. The van der Waals surface area contributed by atoms with Gasteiger partial charge in [0.1, 0.15) is 0 Å². The summed E-state index contributed by atoms with van der Waals surface area (Å²) >= 11 is 5.30. The lowest BCUT2D eigenvalue weighted by atomic mass is 9.92. The van der Waals surface area contributed by atoms with Crippen LogP contribution in [-0.2, 0) is 6.42 Å². The molecule has 0 bridgehead atoms. The van der Waals surface area contributed by atoms with Crippen LogP contribution < -0.4 is 5.32 Å². The molecule has 0 saturated heterocycles. The highest BCUT2D eigenvalue weighted by molar-refractivity contribution is 9.10. The number of aryl methyl sites for hydroxylation is 1. The smallest absolute Gasteiger partial charge is 0.0175 e. The number of halogens is 1. The molecule has 0 aliphatic carbocycles. The van der Waals surface area contributed by atoms with Crippen LogP contribution in [-0.4, -0.2) is 12.6 Å². The lowest BCUT2D eigenvalue weighted by Crippen LogP contribution is -2.28. The van der Waals surface area contributed by atoms with Gasteiger partial charge in [0.05, 0.1) is 0 Å². The minimum Gasteiger partial charge on any atom is -0.314 e. The molecule has 0 radical (unpaired) electrons. The largest absolute Gasteiger partial charge is 0.314 e. The van der Waals surface area contributed by atoms with E-state index in [4.69, 9.17) is 0 Å². The summed E-state index contributed by atoms with van der Waals surface area (Å²) in [5, 5.41) is 8.00. The molecule has 1 heterocycles. The van der Waals surface area contributed by atoms with Crippen LogP contribution in [0.5, 0.6) is 0 Å². The Bertz CT molecular complexity index is 490. The van der Waals surface area contributed by atoms with E-state index in [1.807, 2.05) is 0 Å². The number of hydrogen-bond acceptors (Lipinski definition) is 2. The number of benzene rings is 1. The fourth-order valence-electron chi connectivity index (χ4n) is 2.28. The number of thiophene rings is 1. The summed E-state index contributed by atoms with van der Waals surface area (Å²) in [6, 6.07) is 11.5. The fraction of sp³-hybridized carbons (Fsp3) is 0.412. The molecule has 108 valence electrons. The van der Waals surface area contributed by atoms with Gasteiger partial charge < -0.3 is 5.32 Å². The Morgan fingerprint density at radius 1 is 1.15 bits per heavy atom. The second-order valence-corrected chi connectivity index (χ2v) is 7.18. The van der Waals surface area contributed by atoms with Gasteiger partial charge >= 0.3 is 0 Å². The first-order chi connectivity index (χ1) is 9.65. The summed E-state index contributed by atoms with van der Waals surface area (Å²) in [4.78, 5) is 0. The summed E-state index contributed by atoms with van der Waals surface area (Å²) in [6.07, 6.45) is 2.35. The van der Waals surface area contributed by atoms with Crippen LogP contribution in [0.3, 0.4) is 0 Å². The molecule has 1 aromatic carbocycles. The fourth-order valence-corrected chi connectivity index (χ4v) is 3.24. The van der Waals surface area contributed by atoms with Crippen molar-refractivity contribution in [2.24, 2.45) is 0 Å². The van der Waals surface area contributed by atoms with Crippen molar-refractivity contribution in [3.63, 3.8) is 0 Å². The standard InChI is InChI=1S/C17H22BrNS/c1-13(2)19-11-16(4-3-14-9-10-20-12-14)15-5-7-17(18)8-6-15/h5-10,12-13,16,19H,3-4,11H2,1-2H3. The van der Waals surface area contributed by atoms with Crippen LogP contribution in [0.15, 0.2) is 45.6 Å². The molecule has 2 rings (SSSR count). The van der Waals surface area contributed by atoms with Gasteiger partial charge in [-0.2, -0.15) is 11.3 Å². The van der Waals surface area contributed by atoms with Gasteiger partial charge in [-0.1, -0.05) is 41.9 Å². The molecule has 1 N–H and O–H groups in total. The maximum atomic E-state index is 3.58. The van der Waals surface area contributed by atoms with Gasteiger partial charge in [0.2, 0.25) is 0 Å². The summed E-state index contributed by atoms with van der Waals surface area (Å²) in [6.45, 7) is 5.46. The zero-order valence-electron chi connectivity index (χ0n) is 12.1. The van der Waals surface area contributed by atoms with Gasteiger partial charge in [0, 0.05) is 17.1 Å². The van der Waals surface area contributed by atoms with E-state index in [0.29, 0.717) is 12.0 Å². The molecule has 1 nitrogen and oxygen atoms in total. The van der Waals surface area contributed by atoms with Gasteiger partial charge in [0.25, 0.3) is 0 Å². The van der Waals surface area contributed by atoms with Crippen molar-refractivity contribution in [3.05, 3.63) is 56.7 Å². The van der Waals surface area contributed by atoms with Crippen molar-refractivity contribution in [3.8, 4) is 0 Å². The Morgan fingerprint density at radius 3 is 2.50 bits per heavy atom. The zero-order valence-corrected chi connectivity index (χ0v) is 14.5. The lowest BCUT2D eigenvalue weighted by Gasteiger charge is -2.20. The highest BCUT2D eigenvalue weighted by Gasteiger charge is 2.12. The van der Waals surface area contributed by atoms with E-state index >= 15 is 0 Å². The van der Waals surface area contributed by atoms with E-state index in [-0.39, 0.29) is 0 Å². The van der Waals surface area contributed by atoms with Gasteiger partial charge in [-0.25, -0.2) is 0 Å². The van der Waals surface area contributed by atoms with Gasteiger partial charge in [-0.3, -0.25) is 0 Å². The summed E-state index contributed by atoms with van der Waals surface area (Å²) in [7, 11) is 0. The van der Waals surface area contributed by atoms with Gasteiger partial charge in [-0.05, 0) is 58.8 Å². The van der Waals surface area contributed by atoms with Gasteiger partial charge in [-0.15, -0.1) is 0 Å². The van der Waals surface area contributed by atoms with Crippen LogP contribution in [0.25, 0.3) is 0 Å². The second kappa shape index (κ2) is 7.96. The summed E-state index contributed by atoms with van der Waals surface area (Å²) < 4.78 is 1.15. The Kier molecular flexibility index (Phi) is 6.27. The molecule has 0 aliphatic rings. The first kappa shape index (κ1) is 15.7. The molecule has 1 unspecified atom stereocenters. The molecule has 20 heavy (non-hydrogen) atoms. The first-order valence-electron chi connectivity index (χ1n) is 7.15. The average molecular weight is 352 g/mol. The minimum absolute atomic E-state index is 0.536. The Morgan fingerprint density at radius 2 is 1.90 bits per heavy atom. The average Bonchev–Trinajstić information content (AvgIpc) is 2.93. The molecule has 0 saturated carbocycles. The molecule has 3 heteroatoms. The van der Waals surface area contributed by atoms with E-state index in [2.05, 4.69) is 76.2 Å². The Labute approximate surface area is 134 Å². The summed E-state index contributed by atoms with van der Waals surface area (Å²) in [5.74, 6) is 0.574. The van der Waals surface area contributed by atoms with Crippen molar-refractivity contribution < 1.29 is 0 Å². The normalized spacial score (nSPS) is 12.8. The topological polar surface area (TPSA) is 12.0 Å². The zero-order chi connectivity index (χ0) is 14.4. The van der Waals surface area contributed by atoms with Crippen LogP contribution in [0, 0.1) is 0 Å². The molecule has 2 aromatic rings. The number of rotatable bonds is 7. The molecular formula is C17H22BrNS. The third-order valence-electron chi connectivity index (χ3n) is 3.48. The number of hydrogen-bond donors (Lipinski definition) is 1. The van der Waals surface area contributed by atoms with E-state index in [9.17, 15) is 0 Å². The summed E-state index contributed by atoms with van der Waals surface area (Å²) in [5.41, 5.74) is 2.89. The third kappa shape index (κ3) is 5.04. The first-order valence-corrected chi connectivity index (χ1v) is 8.88. The molecule has 0 fully saturated rings. The van der Waals surface area contributed by atoms with Crippen LogP contribution in [0.4, 0.5) is 0 Å². The monoisotopic (exact) mass is 351 g/mol. The molecule has 0 amide bonds. The van der Waals surface area contributed by atoms with Crippen molar-refractivity contribution in [2.45, 2.75) is 38.6 Å². The minimum atomic E-state index is 0.536. The third-order valence-corrected chi connectivity index (χ3v) is 4.74. The Hall–Kier alpha value is -0.640. The molecule has 0 aliphatic heterocycles. The van der Waals surface area contributed by atoms with Crippen LogP contribution in [0.2, 0.25) is 0 Å². The molecule has 0 spiro atoms. The number of nitrogens with one attached hydrogen (secondary N) is 1. The van der Waals surface area contributed by atoms with E-state index in [1.165, 1.54) is 17.5 Å². The van der Waals surface area contributed by atoms with Crippen molar-refractivity contribution in [1.82, 2.24) is 5.32 Å². The predicted molar refractivity (Wildman–Crippen MR) is 92.7 cm³/mol.